The molecule has 11 heteroatoms. The van der Waals surface area contributed by atoms with Crippen molar-refractivity contribution in [2.24, 2.45) is 5.92 Å². The summed E-state index contributed by atoms with van der Waals surface area (Å²) in [7, 11) is 0. The minimum atomic E-state index is -0.135. The summed E-state index contributed by atoms with van der Waals surface area (Å²) in [5.41, 5.74) is 0.729. The molecule has 1 fully saturated rings. The van der Waals surface area contributed by atoms with E-state index in [9.17, 15) is 4.79 Å². The van der Waals surface area contributed by atoms with Crippen LogP contribution in [0.1, 0.15) is 43.7 Å². The molecule has 33 heavy (non-hydrogen) atoms. The highest BCUT2D eigenvalue weighted by Crippen LogP contribution is 2.41. The van der Waals surface area contributed by atoms with Crippen LogP contribution in [0.2, 0.25) is 0 Å². The Kier molecular flexibility index (Phi) is 6.58. The second-order valence-electron chi connectivity index (χ2n) is 7.91. The normalized spacial score (nSPS) is 17.7. The molecule has 0 saturated heterocycles. The highest BCUT2D eigenvalue weighted by Gasteiger charge is 2.29. The van der Waals surface area contributed by atoms with Crippen molar-refractivity contribution < 1.29 is 7.65 Å². The first-order valence-electron chi connectivity index (χ1n) is 10.7. The molecule has 0 bridgehead atoms. The molecule has 1 aliphatic carbocycles. The summed E-state index contributed by atoms with van der Waals surface area (Å²) in [6, 6.07) is 11.2. The SMILES string of the molecule is O=C(Cc1ccccn1)Nc1nnc(C[C@@H]2CC[C@@H](c3nnc(Nc4ccccn4)s3)C2)s1.[HH].[HH]. The van der Waals surface area contributed by atoms with E-state index >= 15 is 0 Å². The molecular formula is C22H26N8OS2. The maximum Gasteiger partial charge on any atom is 0.232 e. The molecule has 0 aliphatic heterocycles. The number of nitrogens with zero attached hydrogens (tertiary/aromatic N) is 6. The van der Waals surface area contributed by atoms with Gasteiger partial charge in [-0.3, -0.25) is 9.78 Å². The zero-order valence-corrected chi connectivity index (χ0v) is 19.4. The highest BCUT2D eigenvalue weighted by molar-refractivity contribution is 7.15. The van der Waals surface area contributed by atoms with Gasteiger partial charge < -0.3 is 10.6 Å². The summed E-state index contributed by atoms with van der Waals surface area (Å²) >= 11 is 3.04. The van der Waals surface area contributed by atoms with Crippen LogP contribution in [-0.4, -0.2) is 36.3 Å². The Morgan fingerprint density at radius 3 is 2.64 bits per heavy atom. The van der Waals surface area contributed by atoms with Crippen LogP contribution >= 0.6 is 22.7 Å². The fourth-order valence-corrected chi connectivity index (χ4v) is 5.71. The highest BCUT2D eigenvalue weighted by atomic mass is 32.1. The predicted molar refractivity (Wildman–Crippen MR) is 132 cm³/mol. The molecular weight excluding hydrogens is 456 g/mol. The fraction of sp³-hybridized carbons (Fsp3) is 0.318. The zero-order chi connectivity index (χ0) is 22.5. The first-order chi connectivity index (χ1) is 16.2. The van der Waals surface area contributed by atoms with E-state index in [2.05, 4.69) is 41.0 Å². The number of amides is 1. The Balaban J connectivity index is 0.00000171. The van der Waals surface area contributed by atoms with Gasteiger partial charge in [0.1, 0.15) is 15.8 Å². The number of rotatable bonds is 8. The molecule has 9 nitrogen and oxygen atoms in total. The first kappa shape index (κ1) is 21.5. The number of aromatic nitrogens is 6. The van der Waals surface area contributed by atoms with Crippen LogP contribution in [0.25, 0.3) is 0 Å². The van der Waals surface area contributed by atoms with E-state index in [0.717, 1.165) is 52.3 Å². The molecule has 0 spiro atoms. The van der Waals surface area contributed by atoms with E-state index in [1.54, 1.807) is 23.7 Å². The van der Waals surface area contributed by atoms with Gasteiger partial charge in [-0.1, -0.05) is 34.8 Å². The largest absolute Gasteiger partial charge is 0.315 e. The van der Waals surface area contributed by atoms with Crippen LogP contribution < -0.4 is 10.6 Å². The molecule has 1 amide bonds. The van der Waals surface area contributed by atoms with Gasteiger partial charge in [0.25, 0.3) is 0 Å². The zero-order valence-electron chi connectivity index (χ0n) is 17.7. The monoisotopic (exact) mass is 482 g/mol. The number of carbonyl (C=O) groups excluding carboxylic acids is 1. The van der Waals surface area contributed by atoms with Crippen molar-refractivity contribution in [3.05, 3.63) is 64.5 Å². The number of nitrogens with one attached hydrogen (secondary N) is 2. The van der Waals surface area contributed by atoms with Crippen molar-refractivity contribution in [2.75, 3.05) is 10.6 Å². The maximum absolute atomic E-state index is 12.2. The van der Waals surface area contributed by atoms with E-state index in [4.69, 9.17) is 0 Å². The smallest absolute Gasteiger partial charge is 0.232 e. The van der Waals surface area contributed by atoms with Gasteiger partial charge in [0.2, 0.25) is 16.2 Å². The van der Waals surface area contributed by atoms with E-state index in [-0.39, 0.29) is 15.2 Å². The number of anilines is 3. The van der Waals surface area contributed by atoms with Crippen LogP contribution in [0.15, 0.2) is 48.8 Å². The molecule has 4 aromatic rings. The van der Waals surface area contributed by atoms with Crippen LogP contribution in [0.4, 0.5) is 16.1 Å². The van der Waals surface area contributed by atoms with E-state index in [0.29, 0.717) is 17.0 Å². The molecule has 4 heterocycles. The molecule has 5 rings (SSSR count). The Morgan fingerprint density at radius 1 is 0.970 bits per heavy atom. The van der Waals surface area contributed by atoms with Gasteiger partial charge in [-0.05, 0) is 49.4 Å². The Hall–Kier alpha value is -3.31. The Morgan fingerprint density at radius 2 is 1.82 bits per heavy atom. The Labute approximate surface area is 201 Å². The topological polar surface area (TPSA) is 118 Å². The van der Waals surface area contributed by atoms with Crippen molar-refractivity contribution in [3.8, 4) is 0 Å². The lowest BCUT2D eigenvalue weighted by Crippen LogP contribution is -2.14. The Bertz CT molecular complexity index is 1210. The van der Waals surface area contributed by atoms with Gasteiger partial charge in [0, 0.05) is 33.3 Å². The van der Waals surface area contributed by atoms with Gasteiger partial charge in [-0.15, -0.1) is 20.4 Å². The molecule has 1 saturated carbocycles. The molecule has 1 aliphatic rings. The molecule has 2 atom stereocenters. The van der Waals surface area contributed by atoms with Gasteiger partial charge >= 0.3 is 0 Å². The maximum atomic E-state index is 12.2. The molecule has 0 unspecified atom stereocenters. The van der Waals surface area contributed by atoms with Crippen LogP contribution in [-0.2, 0) is 17.6 Å². The molecule has 172 valence electrons. The van der Waals surface area contributed by atoms with Gasteiger partial charge in [0.15, 0.2) is 0 Å². The average molecular weight is 483 g/mol. The first-order valence-corrected chi connectivity index (χ1v) is 12.4. The summed E-state index contributed by atoms with van der Waals surface area (Å²) in [5.74, 6) is 1.57. The van der Waals surface area contributed by atoms with Crippen LogP contribution in [0, 0.1) is 5.92 Å². The molecule has 4 aromatic heterocycles. The summed E-state index contributed by atoms with van der Waals surface area (Å²) in [6.07, 6.45) is 7.78. The van der Waals surface area contributed by atoms with E-state index in [1.807, 2.05) is 36.4 Å². The summed E-state index contributed by atoms with van der Waals surface area (Å²) < 4.78 is 0. The van der Waals surface area contributed by atoms with E-state index in [1.165, 1.54) is 11.3 Å². The number of hydrogen-bond donors (Lipinski definition) is 2. The molecule has 2 N–H and O–H groups in total. The van der Waals surface area contributed by atoms with Gasteiger partial charge in [-0.2, -0.15) is 0 Å². The van der Waals surface area contributed by atoms with E-state index < -0.39 is 0 Å². The lowest BCUT2D eigenvalue weighted by molar-refractivity contribution is -0.115. The number of hydrogen-bond acceptors (Lipinski definition) is 10. The van der Waals surface area contributed by atoms with Crippen LogP contribution in [0.5, 0.6) is 0 Å². The van der Waals surface area contributed by atoms with Gasteiger partial charge in [-0.25, -0.2) is 4.98 Å². The van der Waals surface area contributed by atoms with Gasteiger partial charge in [0.05, 0.1) is 6.42 Å². The summed E-state index contributed by atoms with van der Waals surface area (Å²) in [4.78, 5) is 20.7. The lowest BCUT2D eigenvalue weighted by Gasteiger charge is -2.07. The minimum absolute atomic E-state index is 0. The lowest BCUT2D eigenvalue weighted by atomic mass is 10.0. The third-order valence-corrected chi connectivity index (χ3v) is 7.34. The summed E-state index contributed by atoms with van der Waals surface area (Å²) in [5, 5.41) is 26.5. The third kappa shape index (κ3) is 5.74. The minimum Gasteiger partial charge on any atom is -0.315 e. The van der Waals surface area contributed by atoms with Crippen molar-refractivity contribution in [1.82, 2.24) is 30.4 Å². The van der Waals surface area contributed by atoms with Crippen molar-refractivity contribution in [1.29, 1.82) is 0 Å². The van der Waals surface area contributed by atoms with Crippen LogP contribution in [0.3, 0.4) is 0 Å². The third-order valence-electron chi connectivity index (χ3n) is 5.48. The number of pyridine rings is 2. The molecule has 0 aromatic carbocycles. The number of carbonyl (C=O) groups is 1. The predicted octanol–water partition coefficient (Wildman–Crippen LogP) is 4.72. The fourth-order valence-electron chi connectivity index (χ4n) is 3.95. The quantitative estimate of drug-likeness (QED) is 0.370. The van der Waals surface area contributed by atoms with Crippen molar-refractivity contribution >= 4 is 44.7 Å². The van der Waals surface area contributed by atoms with Crippen molar-refractivity contribution in [2.45, 2.75) is 38.0 Å². The second kappa shape index (κ2) is 10.1. The summed E-state index contributed by atoms with van der Waals surface area (Å²) in [6.45, 7) is 0. The average Bonchev–Trinajstić information content (AvgIpc) is 3.57. The standard InChI is InChI=1S/C22H22N8OS2.2H2/c31-18(13-16-5-1-3-9-23-16)26-22-29-27-19(32-22)12-14-7-8-15(11-14)20-28-30-21(33-20)25-17-6-2-4-10-24-17;;/h1-6,9-10,14-15H,7-8,11-13H2,(H,24,25,30)(H,26,29,31);2*1H/t14-,15-;;/m1../s1. The molecule has 0 radical (unpaired) electrons. The van der Waals surface area contributed by atoms with Crippen molar-refractivity contribution in [3.63, 3.8) is 0 Å². The second-order valence-corrected chi connectivity index (χ2v) is 9.98.